The van der Waals surface area contributed by atoms with E-state index in [0.29, 0.717) is 39.6 Å². The molecule has 0 amide bonds. The van der Waals surface area contributed by atoms with Crippen molar-refractivity contribution in [3.8, 4) is 0 Å². The third-order valence-electron chi connectivity index (χ3n) is 2.76. The number of hydrogen-bond acceptors (Lipinski definition) is 5. The summed E-state index contributed by atoms with van der Waals surface area (Å²) in [7, 11) is 1.66. The van der Waals surface area contributed by atoms with Gasteiger partial charge >= 0.3 is 0 Å². The number of hydrogen-bond donors (Lipinski definition) is 0. The Balaban J connectivity index is 1.77. The van der Waals surface area contributed by atoms with E-state index in [0.717, 1.165) is 0 Å². The van der Waals surface area contributed by atoms with Crippen LogP contribution in [-0.4, -0.2) is 52.7 Å². The molecule has 0 aromatic carbocycles. The van der Waals surface area contributed by atoms with Gasteiger partial charge in [-0.3, -0.25) is 0 Å². The molecule has 2 bridgehead atoms. The van der Waals surface area contributed by atoms with Crippen LogP contribution in [-0.2, 0) is 23.7 Å². The maximum absolute atomic E-state index is 5.50. The average molecular weight is 218 g/mol. The van der Waals surface area contributed by atoms with Crippen LogP contribution in [0, 0.1) is 5.41 Å². The fraction of sp³-hybridized carbons (Fsp3) is 1.00. The number of fused-ring (bicyclic) bond motifs is 3. The summed E-state index contributed by atoms with van der Waals surface area (Å²) in [6, 6.07) is 0. The summed E-state index contributed by atoms with van der Waals surface area (Å²) < 4.78 is 26.8. The van der Waals surface area contributed by atoms with Crippen LogP contribution in [0.3, 0.4) is 0 Å². The van der Waals surface area contributed by atoms with E-state index in [9.17, 15) is 0 Å². The first kappa shape index (κ1) is 11.3. The zero-order chi connectivity index (χ0) is 10.8. The standard InChI is InChI=1S/C10H18O5/c1-9-13-6-10(7-14-9,8-15-9)5-12-4-3-11-2/h3-8H2,1-2H3. The second-order valence-electron chi connectivity index (χ2n) is 4.27. The van der Waals surface area contributed by atoms with Crippen LogP contribution in [0.25, 0.3) is 0 Å². The van der Waals surface area contributed by atoms with E-state index in [1.807, 2.05) is 0 Å². The van der Waals surface area contributed by atoms with E-state index in [4.69, 9.17) is 23.7 Å². The van der Waals surface area contributed by atoms with Crippen LogP contribution in [0.5, 0.6) is 0 Å². The number of ether oxygens (including phenoxy) is 5. The van der Waals surface area contributed by atoms with Gasteiger partial charge in [0, 0.05) is 14.0 Å². The lowest BCUT2D eigenvalue weighted by Crippen LogP contribution is -2.60. The summed E-state index contributed by atoms with van der Waals surface area (Å²) in [5.41, 5.74) is -0.133. The Morgan fingerprint density at radius 3 is 2.20 bits per heavy atom. The van der Waals surface area contributed by atoms with Gasteiger partial charge in [-0.25, -0.2) is 0 Å². The van der Waals surface area contributed by atoms with E-state index in [1.165, 1.54) is 0 Å². The number of methoxy groups -OCH3 is 1. The first-order valence-corrected chi connectivity index (χ1v) is 5.17. The Bertz CT molecular complexity index is 193. The van der Waals surface area contributed by atoms with Gasteiger partial charge < -0.3 is 23.7 Å². The zero-order valence-electron chi connectivity index (χ0n) is 9.28. The highest BCUT2D eigenvalue weighted by Gasteiger charge is 2.50. The summed E-state index contributed by atoms with van der Waals surface area (Å²) in [5, 5.41) is 0. The highest BCUT2D eigenvalue weighted by molar-refractivity contribution is 4.86. The molecule has 0 saturated carbocycles. The minimum Gasteiger partial charge on any atom is -0.382 e. The Kier molecular flexibility index (Phi) is 3.27. The predicted molar refractivity (Wildman–Crippen MR) is 51.4 cm³/mol. The molecule has 88 valence electrons. The summed E-state index contributed by atoms with van der Waals surface area (Å²) in [6.07, 6.45) is 0. The molecule has 3 saturated heterocycles. The molecule has 0 aliphatic carbocycles. The van der Waals surface area contributed by atoms with Crippen LogP contribution < -0.4 is 0 Å². The minimum atomic E-state index is -0.825. The molecule has 0 aromatic heterocycles. The lowest BCUT2D eigenvalue weighted by Gasteiger charge is -2.50. The van der Waals surface area contributed by atoms with E-state index >= 15 is 0 Å². The van der Waals surface area contributed by atoms with Crippen LogP contribution in [0.15, 0.2) is 0 Å². The third kappa shape index (κ3) is 2.49. The third-order valence-corrected chi connectivity index (χ3v) is 2.76. The second-order valence-corrected chi connectivity index (χ2v) is 4.27. The Labute approximate surface area is 89.6 Å². The van der Waals surface area contributed by atoms with Gasteiger partial charge in [0.15, 0.2) is 0 Å². The SMILES string of the molecule is COCCOCC12COC(C)(OC1)OC2. The fourth-order valence-corrected chi connectivity index (χ4v) is 1.66. The molecule has 0 atom stereocenters. The van der Waals surface area contributed by atoms with Crippen LogP contribution in [0.1, 0.15) is 6.92 Å². The summed E-state index contributed by atoms with van der Waals surface area (Å²) >= 11 is 0. The van der Waals surface area contributed by atoms with Crippen LogP contribution >= 0.6 is 0 Å². The molecule has 0 unspecified atom stereocenters. The summed E-state index contributed by atoms with van der Waals surface area (Å²) in [4.78, 5) is 0. The van der Waals surface area contributed by atoms with Crippen molar-refractivity contribution in [2.24, 2.45) is 5.41 Å². The van der Waals surface area contributed by atoms with Crippen molar-refractivity contribution in [2.45, 2.75) is 12.9 Å². The van der Waals surface area contributed by atoms with Gasteiger partial charge in [-0.1, -0.05) is 0 Å². The molecule has 5 heteroatoms. The topological polar surface area (TPSA) is 46.2 Å². The smallest absolute Gasteiger partial charge is 0.279 e. The monoisotopic (exact) mass is 218 g/mol. The normalized spacial score (nSPS) is 39.6. The maximum Gasteiger partial charge on any atom is 0.279 e. The van der Waals surface area contributed by atoms with Crippen molar-refractivity contribution in [1.29, 1.82) is 0 Å². The quantitative estimate of drug-likeness (QED) is 0.624. The highest BCUT2D eigenvalue weighted by atomic mass is 16.9. The molecule has 3 fully saturated rings. The summed E-state index contributed by atoms with van der Waals surface area (Å²) in [6.45, 7) is 5.49. The average Bonchev–Trinajstić information content (AvgIpc) is 2.27. The van der Waals surface area contributed by atoms with E-state index in [1.54, 1.807) is 14.0 Å². The lowest BCUT2D eigenvalue weighted by atomic mass is 9.90. The highest BCUT2D eigenvalue weighted by Crippen LogP contribution is 2.37. The van der Waals surface area contributed by atoms with Crippen molar-refractivity contribution in [3.63, 3.8) is 0 Å². The molecular weight excluding hydrogens is 200 g/mol. The van der Waals surface area contributed by atoms with Crippen molar-refractivity contribution < 1.29 is 23.7 Å². The zero-order valence-corrected chi connectivity index (χ0v) is 9.28. The molecule has 3 aliphatic heterocycles. The predicted octanol–water partition coefficient (Wildman–Crippen LogP) is 0.386. The van der Waals surface area contributed by atoms with Gasteiger partial charge in [-0.05, 0) is 0 Å². The van der Waals surface area contributed by atoms with Gasteiger partial charge in [0.2, 0.25) is 0 Å². The molecule has 3 rings (SSSR count). The molecule has 15 heavy (non-hydrogen) atoms. The molecule has 0 radical (unpaired) electrons. The van der Waals surface area contributed by atoms with Crippen molar-refractivity contribution >= 4 is 0 Å². The lowest BCUT2D eigenvalue weighted by molar-refractivity contribution is -0.462. The van der Waals surface area contributed by atoms with Crippen molar-refractivity contribution in [2.75, 3.05) is 46.8 Å². The van der Waals surface area contributed by atoms with E-state index in [2.05, 4.69) is 0 Å². The van der Waals surface area contributed by atoms with Crippen molar-refractivity contribution in [1.82, 2.24) is 0 Å². The van der Waals surface area contributed by atoms with Gasteiger partial charge in [0.25, 0.3) is 5.97 Å². The number of rotatable bonds is 5. The molecule has 3 heterocycles. The van der Waals surface area contributed by atoms with Gasteiger partial charge in [-0.15, -0.1) is 0 Å². The molecular formula is C10H18O5. The molecule has 0 spiro atoms. The van der Waals surface area contributed by atoms with Crippen LogP contribution in [0.2, 0.25) is 0 Å². The van der Waals surface area contributed by atoms with Crippen molar-refractivity contribution in [3.05, 3.63) is 0 Å². The fourth-order valence-electron chi connectivity index (χ4n) is 1.66. The minimum absolute atomic E-state index is 0.133. The Morgan fingerprint density at radius 1 is 1.07 bits per heavy atom. The first-order chi connectivity index (χ1) is 7.18. The van der Waals surface area contributed by atoms with Gasteiger partial charge in [0.05, 0.1) is 45.1 Å². The molecule has 3 aliphatic rings. The second kappa shape index (κ2) is 4.35. The molecule has 0 N–H and O–H groups in total. The Morgan fingerprint density at radius 2 is 1.67 bits per heavy atom. The van der Waals surface area contributed by atoms with E-state index in [-0.39, 0.29) is 5.41 Å². The Hall–Kier alpha value is -0.200. The largest absolute Gasteiger partial charge is 0.382 e. The van der Waals surface area contributed by atoms with Gasteiger partial charge in [-0.2, -0.15) is 0 Å². The molecule has 0 aromatic rings. The first-order valence-electron chi connectivity index (χ1n) is 5.17. The van der Waals surface area contributed by atoms with E-state index < -0.39 is 5.97 Å². The van der Waals surface area contributed by atoms with Gasteiger partial charge in [0.1, 0.15) is 0 Å². The van der Waals surface area contributed by atoms with Crippen LogP contribution in [0.4, 0.5) is 0 Å². The molecule has 5 nitrogen and oxygen atoms in total. The maximum atomic E-state index is 5.50. The summed E-state index contributed by atoms with van der Waals surface area (Å²) in [5.74, 6) is -0.825.